The van der Waals surface area contributed by atoms with E-state index in [1.165, 1.54) is 0 Å². The van der Waals surface area contributed by atoms with Crippen molar-refractivity contribution in [2.75, 3.05) is 11.9 Å². The van der Waals surface area contributed by atoms with Gasteiger partial charge in [0.25, 0.3) is 0 Å². The first-order valence-electron chi connectivity index (χ1n) is 6.74. The van der Waals surface area contributed by atoms with Crippen molar-refractivity contribution in [2.24, 2.45) is 0 Å². The number of urea groups is 1. The Morgan fingerprint density at radius 3 is 2.45 bits per heavy atom. The van der Waals surface area contributed by atoms with Crippen molar-refractivity contribution >= 4 is 33.6 Å². The van der Waals surface area contributed by atoms with Crippen LogP contribution in [0.4, 0.5) is 10.5 Å². The van der Waals surface area contributed by atoms with E-state index in [0.29, 0.717) is 12.2 Å². The third kappa shape index (κ3) is 5.57. The number of nitrogens with one attached hydrogen (secondary N) is 3. The molecule has 0 aliphatic carbocycles. The summed E-state index contributed by atoms with van der Waals surface area (Å²) in [6, 6.07) is 16.4. The molecule has 2 aromatic carbocycles. The fourth-order valence-electron chi connectivity index (χ4n) is 1.77. The maximum absolute atomic E-state index is 11.7. The standard InChI is InChI=1S/C16H16BrN3O2/c17-13-7-4-8-14(9-13)20-15(21)11-19-16(22)18-10-12-5-2-1-3-6-12/h1-9H,10-11H2,(H,20,21)(H2,18,19,22). The summed E-state index contributed by atoms with van der Waals surface area (Å²) in [5.74, 6) is -0.284. The number of hydrogen-bond acceptors (Lipinski definition) is 2. The molecule has 0 fully saturated rings. The molecule has 0 saturated heterocycles. The fourth-order valence-corrected chi connectivity index (χ4v) is 2.17. The predicted molar refractivity (Wildman–Crippen MR) is 89.5 cm³/mol. The van der Waals surface area contributed by atoms with Gasteiger partial charge in [-0.25, -0.2) is 4.79 Å². The molecular formula is C16H16BrN3O2. The summed E-state index contributed by atoms with van der Waals surface area (Å²) in [7, 11) is 0. The summed E-state index contributed by atoms with van der Waals surface area (Å²) in [6.07, 6.45) is 0. The van der Waals surface area contributed by atoms with Crippen molar-refractivity contribution in [1.82, 2.24) is 10.6 Å². The summed E-state index contributed by atoms with van der Waals surface area (Å²) in [4.78, 5) is 23.4. The first-order chi connectivity index (χ1) is 10.6. The average molecular weight is 362 g/mol. The summed E-state index contributed by atoms with van der Waals surface area (Å²) >= 11 is 3.33. The smallest absolute Gasteiger partial charge is 0.315 e. The van der Waals surface area contributed by atoms with Gasteiger partial charge in [-0.3, -0.25) is 4.79 Å². The molecule has 2 aromatic rings. The van der Waals surface area contributed by atoms with E-state index in [1.54, 1.807) is 12.1 Å². The molecule has 0 atom stereocenters. The zero-order valence-corrected chi connectivity index (χ0v) is 13.4. The van der Waals surface area contributed by atoms with E-state index in [1.807, 2.05) is 42.5 Å². The van der Waals surface area contributed by atoms with Gasteiger partial charge in [0, 0.05) is 16.7 Å². The number of hydrogen-bond donors (Lipinski definition) is 3. The number of halogens is 1. The molecule has 5 nitrogen and oxygen atoms in total. The van der Waals surface area contributed by atoms with E-state index < -0.39 is 0 Å². The molecule has 3 N–H and O–H groups in total. The molecule has 0 radical (unpaired) electrons. The zero-order valence-electron chi connectivity index (χ0n) is 11.8. The Kier molecular flexibility index (Phi) is 5.97. The quantitative estimate of drug-likeness (QED) is 0.766. The highest BCUT2D eigenvalue weighted by molar-refractivity contribution is 9.10. The topological polar surface area (TPSA) is 70.2 Å². The van der Waals surface area contributed by atoms with Gasteiger partial charge in [-0.05, 0) is 23.8 Å². The van der Waals surface area contributed by atoms with Crippen LogP contribution in [-0.4, -0.2) is 18.5 Å². The molecule has 0 aromatic heterocycles. The molecule has 0 unspecified atom stereocenters. The highest BCUT2D eigenvalue weighted by atomic mass is 79.9. The van der Waals surface area contributed by atoms with Crippen LogP contribution in [0.3, 0.4) is 0 Å². The van der Waals surface area contributed by atoms with Gasteiger partial charge in [0.1, 0.15) is 0 Å². The van der Waals surface area contributed by atoms with Crippen molar-refractivity contribution < 1.29 is 9.59 Å². The Labute approximate surface area is 137 Å². The van der Waals surface area contributed by atoms with Crippen molar-refractivity contribution in [3.63, 3.8) is 0 Å². The van der Waals surface area contributed by atoms with Crippen molar-refractivity contribution in [2.45, 2.75) is 6.54 Å². The van der Waals surface area contributed by atoms with Crippen LogP contribution in [0.15, 0.2) is 59.1 Å². The minimum Gasteiger partial charge on any atom is -0.334 e. The second-order valence-corrected chi connectivity index (χ2v) is 5.50. The summed E-state index contributed by atoms with van der Waals surface area (Å²) < 4.78 is 0.874. The Bertz CT molecular complexity index is 647. The average Bonchev–Trinajstić information content (AvgIpc) is 2.52. The molecule has 114 valence electrons. The number of rotatable bonds is 5. The van der Waals surface area contributed by atoms with E-state index in [4.69, 9.17) is 0 Å². The maximum Gasteiger partial charge on any atom is 0.315 e. The first kappa shape index (κ1) is 16.0. The molecular weight excluding hydrogens is 346 g/mol. The minimum absolute atomic E-state index is 0.0901. The minimum atomic E-state index is -0.381. The Hall–Kier alpha value is -2.34. The molecule has 2 rings (SSSR count). The van der Waals surface area contributed by atoms with Gasteiger partial charge in [-0.1, -0.05) is 52.3 Å². The van der Waals surface area contributed by atoms with Gasteiger partial charge in [0.05, 0.1) is 6.54 Å². The first-order valence-corrected chi connectivity index (χ1v) is 7.54. The lowest BCUT2D eigenvalue weighted by molar-refractivity contribution is -0.115. The van der Waals surface area contributed by atoms with Gasteiger partial charge in [0.2, 0.25) is 5.91 Å². The Morgan fingerprint density at radius 2 is 1.73 bits per heavy atom. The maximum atomic E-state index is 11.7. The van der Waals surface area contributed by atoms with Crippen molar-refractivity contribution in [3.05, 3.63) is 64.6 Å². The van der Waals surface area contributed by atoms with Crippen LogP contribution in [0, 0.1) is 0 Å². The fraction of sp³-hybridized carbons (Fsp3) is 0.125. The van der Waals surface area contributed by atoms with Crippen LogP contribution < -0.4 is 16.0 Å². The van der Waals surface area contributed by atoms with Crippen LogP contribution in [0.2, 0.25) is 0 Å². The van der Waals surface area contributed by atoms with E-state index in [0.717, 1.165) is 10.0 Å². The molecule has 22 heavy (non-hydrogen) atoms. The van der Waals surface area contributed by atoms with Crippen LogP contribution in [0.5, 0.6) is 0 Å². The molecule has 0 aliphatic heterocycles. The lowest BCUT2D eigenvalue weighted by Crippen LogP contribution is -2.39. The van der Waals surface area contributed by atoms with E-state index in [9.17, 15) is 9.59 Å². The third-order valence-electron chi connectivity index (χ3n) is 2.81. The largest absolute Gasteiger partial charge is 0.334 e. The number of anilines is 1. The number of carbonyl (C=O) groups is 2. The number of amides is 3. The lowest BCUT2D eigenvalue weighted by atomic mass is 10.2. The molecule has 0 heterocycles. The Balaban J connectivity index is 1.70. The molecule has 0 spiro atoms. The number of carbonyl (C=O) groups excluding carboxylic acids is 2. The van der Waals surface area contributed by atoms with Crippen LogP contribution in [-0.2, 0) is 11.3 Å². The van der Waals surface area contributed by atoms with Gasteiger partial charge < -0.3 is 16.0 Å². The molecule has 0 aliphatic rings. The molecule has 0 bridgehead atoms. The van der Waals surface area contributed by atoms with Gasteiger partial charge in [0.15, 0.2) is 0 Å². The van der Waals surface area contributed by atoms with Crippen LogP contribution >= 0.6 is 15.9 Å². The lowest BCUT2D eigenvalue weighted by Gasteiger charge is -2.08. The second-order valence-electron chi connectivity index (χ2n) is 4.58. The van der Waals surface area contributed by atoms with Crippen LogP contribution in [0.25, 0.3) is 0 Å². The van der Waals surface area contributed by atoms with Gasteiger partial charge in [-0.15, -0.1) is 0 Å². The van der Waals surface area contributed by atoms with E-state index >= 15 is 0 Å². The van der Waals surface area contributed by atoms with Gasteiger partial charge >= 0.3 is 6.03 Å². The van der Waals surface area contributed by atoms with Crippen molar-refractivity contribution in [3.8, 4) is 0 Å². The predicted octanol–water partition coefficient (Wildman–Crippen LogP) is 2.89. The molecule has 6 heteroatoms. The third-order valence-corrected chi connectivity index (χ3v) is 3.31. The van der Waals surface area contributed by atoms with E-state index in [2.05, 4.69) is 31.9 Å². The van der Waals surface area contributed by atoms with Crippen molar-refractivity contribution in [1.29, 1.82) is 0 Å². The molecule has 3 amide bonds. The highest BCUT2D eigenvalue weighted by Gasteiger charge is 2.05. The normalized spacial score (nSPS) is 9.86. The summed E-state index contributed by atoms with van der Waals surface area (Å²) in [6.45, 7) is 0.326. The summed E-state index contributed by atoms with van der Waals surface area (Å²) in [5.41, 5.74) is 1.67. The molecule has 0 saturated carbocycles. The zero-order chi connectivity index (χ0) is 15.8. The van der Waals surface area contributed by atoms with Crippen LogP contribution in [0.1, 0.15) is 5.56 Å². The highest BCUT2D eigenvalue weighted by Crippen LogP contribution is 2.15. The Morgan fingerprint density at radius 1 is 0.955 bits per heavy atom. The SMILES string of the molecule is O=C(CNC(=O)NCc1ccccc1)Nc1cccc(Br)c1. The monoisotopic (exact) mass is 361 g/mol. The second kappa shape index (κ2) is 8.19. The van der Waals surface area contributed by atoms with E-state index in [-0.39, 0.29) is 18.5 Å². The number of benzene rings is 2. The summed E-state index contributed by atoms with van der Waals surface area (Å²) in [5, 5.41) is 7.90. The van der Waals surface area contributed by atoms with Gasteiger partial charge in [-0.2, -0.15) is 0 Å².